The first-order valence-corrected chi connectivity index (χ1v) is 2.32. The summed E-state index contributed by atoms with van der Waals surface area (Å²) >= 11 is 0. The first-order valence-electron chi connectivity index (χ1n) is 2.32. The summed E-state index contributed by atoms with van der Waals surface area (Å²) in [6.45, 7) is 4.89. The van der Waals surface area contributed by atoms with Crippen molar-refractivity contribution < 1.29 is 10.2 Å². The van der Waals surface area contributed by atoms with Gasteiger partial charge < -0.3 is 10.2 Å². The van der Waals surface area contributed by atoms with Crippen LogP contribution in [-0.4, -0.2) is 22.4 Å². The van der Waals surface area contributed by atoms with Crippen LogP contribution in [0.15, 0.2) is 0 Å². The zero-order valence-corrected chi connectivity index (χ0v) is 4.46. The van der Waals surface area contributed by atoms with Crippen LogP contribution in [0.2, 0.25) is 0 Å². The lowest BCUT2D eigenvalue weighted by Gasteiger charge is -2.03. The van der Waals surface area contributed by atoms with Crippen LogP contribution in [-0.2, 0) is 0 Å². The molecule has 0 heterocycles. The van der Waals surface area contributed by atoms with Gasteiger partial charge in [-0.2, -0.15) is 0 Å². The predicted octanol–water partition coefficient (Wildman–Crippen LogP) is -0.0477. The van der Waals surface area contributed by atoms with Crippen molar-refractivity contribution in [1.82, 2.24) is 0 Å². The Kier molecular flexibility index (Phi) is 2.96. The number of aliphatic hydroxyl groups excluding tert-OH is 2. The molecule has 0 saturated heterocycles. The van der Waals surface area contributed by atoms with E-state index in [4.69, 9.17) is 10.2 Å². The van der Waals surface area contributed by atoms with Gasteiger partial charge in [0, 0.05) is 0 Å². The topological polar surface area (TPSA) is 40.5 Å². The second-order valence-electron chi connectivity index (χ2n) is 1.74. The van der Waals surface area contributed by atoms with Crippen molar-refractivity contribution in [2.24, 2.45) is 0 Å². The smallest absolute Gasteiger partial charge is 0.0565 e. The minimum absolute atomic E-state index is 0.361. The Balaban J connectivity index is 2.95. The predicted molar refractivity (Wildman–Crippen MR) is 27.7 cm³/mol. The van der Waals surface area contributed by atoms with Crippen LogP contribution in [0.3, 0.4) is 0 Å². The molecule has 2 heteroatoms. The Morgan fingerprint density at radius 3 is 2.00 bits per heavy atom. The third-order valence-electron chi connectivity index (χ3n) is 0.613. The first kappa shape index (κ1) is 6.92. The number of hydrogen-bond acceptors (Lipinski definition) is 2. The molecule has 0 aliphatic heterocycles. The molecule has 43 valence electrons. The molecule has 0 aromatic rings. The maximum absolute atomic E-state index is 8.52. The average Bonchev–Trinajstić information content (AvgIpc) is 1.27. The van der Waals surface area contributed by atoms with E-state index in [-0.39, 0.29) is 0 Å². The van der Waals surface area contributed by atoms with Gasteiger partial charge in [-0.15, -0.1) is 0 Å². The number of hydrogen-bond donors (Lipinski definition) is 2. The highest BCUT2D eigenvalue weighted by Gasteiger charge is 1.98. The Morgan fingerprint density at radius 2 is 2.00 bits per heavy atom. The molecular formula is C5H11O2. The minimum Gasteiger partial charge on any atom is -0.393 e. The summed E-state index contributed by atoms with van der Waals surface area (Å²) < 4.78 is 0. The van der Waals surface area contributed by atoms with E-state index in [1.54, 1.807) is 6.92 Å². The zero-order chi connectivity index (χ0) is 5.86. The molecule has 0 saturated carbocycles. The summed E-state index contributed by atoms with van der Waals surface area (Å²) in [5.41, 5.74) is 0. The second kappa shape index (κ2) is 2.99. The molecule has 0 amide bonds. The van der Waals surface area contributed by atoms with E-state index in [1.807, 2.05) is 0 Å². The Hall–Kier alpha value is -0.0800. The lowest BCUT2D eigenvalue weighted by atomic mass is 10.2. The van der Waals surface area contributed by atoms with Crippen molar-refractivity contribution in [3.8, 4) is 0 Å². The molecule has 7 heavy (non-hydrogen) atoms. The van der Waals surface area contributed by atoms with Gasteiger partial charge in [0.2, 0.25) is 0 Å². The van der Waals surface area contributed by atoms with Crippen molar-refractivity contribution >= 4 is 0 Å². The quantitative estimate of drug-likeness (QED) is 0.514. The first-order chi connectivity index (χ1) is 3.13. The van der Waals surface area contributed by atoms with Gasteiger partial charge in [-0.1, -0.05) is 0 Å². The molecule has 0 aromatic heterocycles. The van der Waals surface area contributed by atoms with E-state index in [0.717, 1.165) is 0 Å². The normalized spacial score (nSPS) is 18.9. The standard InChI is InChI=1S/C5H11O2/c1-4(6)3-5(2)7/h4-7H,1,3H2,2H3/t4-,5?/m0/s1. The van der Waals surface area contributed by atoms with Gasteiger partial charge in [-0.25, -0.2) is 0 Å². The van der Waals surface area contributed by atoms with Gasteiger partial charge in [-0.3, -0.25) is 0 Å². The average molecular weight is 103 g/mol. The lowest BCUT2D eigenvalue weighted by molar-refractivity contribution is 0.115. The minimum atomic E-state index is -0.625. The molecule has 0 aromatic carbocycles. The van der Waals surface area contributed by atoms with Crippen molar-refractivity contribution in [1.29, 1.82) is 0 Å². The highest BCUT2D eigenvalue weighted by Crippen LogP contribution is 1.93. The van der Waals surface area contributed by atoms with E-state index >= 15 is 0 Å². The highest BCUT2D eigenvalue weighted by molar-refractivity contribution is 4.59. The van der Waals surface area contributed by atoms with Gasteiger partial charge in [0.1, 0.15) is 0 Å². The van der Waals surface area contributed by atoms with E-state index in [1.165, 1.54) is 0 Å². The largest absolute Gasteiger partial charge is 0.393 e. The van der Waals surface area contributed by atoms with Crippen LogP contribution < -0.4 is 0 Å². The molecule has 0 fully saturated rings. The van der Waals surface area contributed by atoms with Crippen molar-refractivity contribution in [2.75, 3.05) is 0 Å². The van der Waals surface area contributed by atoms with E-state index in [0.29, 0.717) is 6.42 Å². The summed E-state index contributed by atoms with van der Waals surface area (Å²) in [5, 5.41) is 17.0. The van der Waals surface area contributed by atoms with Crippen LogP contribution in [0.5, 0.6) is 0 Å². The van der Waals surface area contributed by atoms with E-state index in [9.17, 15) is 0 Å². The van der Waals surface area contributed by atoms with Crippen molar-refractivity contribution in [3.63, 3.8) is 0 Å². The summed E-state index contributed by atoms with van der Waals surface area (Å²) in [6, 6.07) is 0. The maximum atomic E-state index is 8.52. The summed E-state index contributed by atoms with van der Waals surface area (Å²) in [7, 11) is 0. The summed E-state index contributed by atoms with van der Waals surface area (Å²) in [6.07, 6.45) is -0.701. The molecule has 0 bridgehead atoms. The molecule has 1 radical (unpaired) electrons. The number of aliphatic hydroxyl groups is 2. The van der Waals surface area contributed by atoms with Gasteiger partial charge in [0.25, 0.3) is 0 Å². The molecule has 0 aliphatic carbocycles. The van der Waals surface area contributed by atoms with Crippen LogP contribution in [0.25, 0.3) is 0 Å². The highest BCUT2D eigenvalue weighted by atomic mass is 16.3. The van der Waals surface area contributed by atoms with Crippen molar-refractivity contribution in [2.45, 2.75) is 25.6 Å². The van der Waals surface area contributed by atoms with Crippen LogP contribution in [0, 0.1) is 6.92 Å². The molecule has 0 rings (SSSR count). The fourth-order valence-electron chi connectivity index (χ4n) is 0.394. The Morgan fingerprint density at radius 1 is 1.57 bits per heavy atom. The zero-order valence-electron chi connectivity index (χ0n) is 4.46. The van der Waals surface area contributed by atoms with E-state index in [2.05, 4.69) is 6.92 Å². The van der Waals surface area contributed by atoms with Crippen LogP contribution in [0.4, 0.5) is 0 Å². The van der Waals surface area contributed by atoms with Crippen molar-refractivity contribution in [3.05, 3.63) is 6.92 Å². The van der Waals surface area contributed by atoms with Crippen LogP contribution in [0.1, 0.15) is 13.3 Å². The lowest BCUT2D eigenvalue weighted by Crippen LogP contribution is -2.10. The number of rotatable bonds is 2. The van der Waals surface area contributed by atoms with Gasteiger partial charge in [0.05, 0.1) is 12.2 Å². The Labute approximate surface area is 43.8 Å². The maximum Gasteiger partial charge on any atom is 0.0565 e. The third-order valence-corrected chi connectivity index (χ3v) is 0.613. The fraction of sp³-hybridized carbons (Fsp3) is 0.800. The monoisotopic (exact) mass is 103 g/mol. The van der Waals surface area contributed by atoms with Gasteiger partial charge in [-0.05, 0) is 20.3 Å². The molecule has 0 aliphatic rings. The molecule has 2 atom stereocenters. The summed E-state index contributed by atoms with van der Waals surface area (Å²) in [5.74, 6) is 0. The van der Waals surface area contributed by atoms with Gasteiger partial charge >= 0.3 is 0 Å². The third kappa shape index (κ3) is 5.92. The molecule has 0 spiro atoms. The van der Waals surface area contributed by atoms with Gasteiger partial charge in [0.15, 0.2) is 0 Å². The van der Waals surface area contributed by atoms with E-state index < -0.39 is 12.2 Å². The molecule has 1 unspecified atom stereocenters. The second-order valence-corrected chi connectivity index (χ2v) is 1.74. The van der Waals surface area contributed by atoms with Crippen LogP contribution >= 0.6 is 0 Å². The molecule has 2 nitrogen and oxygen atoms in total. The Bertz CT molecular complexity index is 35.3. The molecule has 2 N–H and O–H groups in total. The summed E-state index contributed by atoms with van der Waals surface area (Å²) in [4.78, 5) is 0. The SMILES string of the molecule is [CH2][C@H](O)CC(C)O. The molecular weight excluding hydrogens is 92.1 g/mol. The fourth-order valence-corrected chi connectivity index (χ4v) is 0.394.